The Morgan fingerprint density at radius 1 is 0.708 bits per heavy atom. The molecule has 0 aliphatic carbocycles. The molecule has 0 amide bonds. The van der Waals surface area contributed by atoms with Crippen molar-refractivity contribution in [2.45, 2.75) is 107 Å². The number of hydrogen-bond acceptors (Lipinski definition) is 21. The van der Waals surface area contributed by atoms with E-state index < -0.39 is 133 Å². The van der Waals surface area contributed by atoms with Crippen LogP contribution in [0, 0.1) is 5.92 Å². The lowest BCUT2D eigenvalue weighted by molar-refractivity contribution is -0.313. The Morgan fingerprint density at radius 3 is 2.09 bits per heavy atom. The molecule has 3 aliphatic heterocycles. The summed E-state index contributed by atoms with van der Waals surface area (Å²) in [5.41, 5.74) is -0.911. The number of carbonyl (C=O) groups is 1. The van der Waals surface area contributed by atoms with Crippen LogP contribution in [0.5, 0.6) is 34.5 Å². The molecule has 0 spiro atoms. The number of ether oxygens (including phenoxy) is 8. The first kappa shape index (κ1) is 47.4. The molecule has 3 aromatic carbocycles. The Hall–Kier alpha value is -5.56. The van der Waals surface area contributed by atoms with E-state index in [0.717, 1.165) is 18.2 Å². The third-order valence-electron chi connectivity index (χ3n) is 11.5. The summed E-state index contributed by atoms with van der Waals surface area (Å²) in [6.45, 7) is 4.11. The molecule has 15 unspecified atom stereocenters. The van der Waals surface area contributed by atoms with Crippen LogP contribution in [-0.2, 0) is 28.5 Å². The number of esters is 1. The monoisotopic (exact) mass is 914 g/mol. The molecule has 65 heavy (non-hydrogen) atoms. The maximum atomic E-state index is 14.5. The van der Waals surface area contributed by atoms with E-state index in [1.54, 1.807) is 13.8 Å². The summed E-state index contributed by atoms with van der Waals surface area (Å²) in [7, 11) is 1.26. The van der Waals surface area contributed by atoms with Gasteiger partial charge in [-0.05, 0) is 55.8 Å². The van der Waals surface area contributed by atoms with Gasteiger partial charge in [0.15, 0.2) is 35.8 Å². The van der Waals surface area contributed by atoms with Crippen molar-refractivity contribution in [2.75, 3.05) is 13.7 Å². The maximum Gasteiger partial charge on any atom is 0.331 e. The van der Waals surface area contributed by atoms with Crippen LogP contribution in [0.1, 0.15) is 26.3 Å². The molecule has 10 N–H and O–H groups in total. The highest BCUT2D eigenvalue weighted by Gasteiger charge is 2.50. The number of phenols is 3. The Balaban J connectivity index is 1.26. The molecule has 0 radical (unpaired) electrons. The lowest BCUT2D eigenvalue weighted by Crippen LogP contribution is -2.62. The summed E-state index contributed by atoms with van der Waals surface area (Å²) >= 11 is 0. The highest BCUT2D eigenvalue weighted by molar-refractivity contribution is 5.89. The maximum absolute atomic E-state index is 14.5. The number of methoxy groups -OCH3 is 1. The molecular formula is C44H50O21. The van der Waals surface area contributed by atoms with Crippen molar-refractivity contribution in [1.82, 2.24) is 0 Å². The zero-order chi connectivity index (χ0) is 47.0. The molecule has 352 valence electrons. The van der Waals surface area contributed by atoms with Gasteiger partial charge in [-0.1, -0.05) is 19.1 Å². The summed E-state index contributed by atoms with van der Waals surface area (Å²) in [5.74, 6) is -4.06. The third kappa shape index (κ3) is 9.86. The second kappa shape index (κ2) is 19.5. The smallest absolute Gasteiger partial charge is 0.331 e. The van der Waals surface area contributed by atoms with Gasteiger partial charge in [0, 0.05) is 29.7 Å². The average Bonchev–Trinajstić information content (AvgIpc) is 3.28. The van der Waals surface area contributed by atoms with Gasteiger partial charge in [-0.15, -0.1) is 0 Å². The summed E-state index contributed by atoms with van der Waals surface area (Å²) < 4.78 is 51.8. The highest BCUT2D eigenvalue weighted by Crippen LogP contribution is 2.41. The predicted octanol–water partition coefficient (Wildman–Crippen LogP) is 0.362. The van der Waals surface area contributed by atoms with Crippen LogP contribution >= 0.6 is 0 Å². The van der Waals surface area contributed by atoms with Crippen LogP contribution in [-0.4, -0.2) is 157 Å². The van der Waals surface area contributed by atoms with Gasteiger partial charge >= 0.3 is 5.97 Å². The van der Waals surface area contributed by atoms with E-state index in [1.807, 2.05) is 0 Å². The number of aromatic hydroxyl groups is 3. The van der Waals surface area contributed by atoms with E-state index in [1.165, 1.54) is 62.6 Å². The topological polar surface area (TPSA) is 323 Å². The lowest BCUT2D eigenvalue weighted by atomic mass is 9.92. The molecule has 1 aromatic heterocycles. The van der Waals surface area contributed by atoms with Crippen LogP contribution in [0.4, 0.5) is 0 Å². The normalized spacial score (nSPS) is 32.9. The van der Waals surface area contributed by atoms with E-state index in [9.17, 15) is 60.7 Å². The fraction of sp³-hybridized carbons (Fsp3) is 0.455. The van der Waals surface area contributed by atoms with E-state index in [2.05, 4.69) is 0 Å². The number of fused-ring (bicyclic) bond motifs is 1. The first-order chi connectivity index (χ1) is 30.9. The summed E-state index contributed by atoms with van der Waals surface area (Å²) in [4.78, 5) is 27.7. The molecule has 3 saturated heterocycles. The molecule has 21 nitrogen and oxygen atoms in total. The van der Waals surface area contributed by atoms with Gasteiger partial charge in [0.2, 0.25) is 23.8 Å². The number of rotatable bonds is 12. The van der Waals surface area contributed by atoms with Crippen LogP contribution in [0.25, 0.3) is 28.4 Å². The van der Waals surface area contributed by atoms with Gasteiger partial charge in [-0.3, -0.25) is 4.79 Å². The fourth-order valence-corrected chi connectivity index (χ4v) is 7.50. The first-order valence-corrected chi connectivity index (χ1v) is 20.4. The Bertz CT molecular complexity index is 2400. The molecule has 4 heterocycles. The number of aliphatic hydroxyl groups excluding tert-OH is 7. The molecule has 15 atom stereocenters. The highest BCUT2D eigenvalue weighted by atomic mass is 16.7. The number of aliphatic hydroxyl groups is 7. The van der Waals surface area contributed by atoms with Gasteiger partial charge in [-0.2, -0.15) is 0 Å². The number of carbonyl (C=O) groups excluding carboxylic acids is 1. The van der Waals surface area contributed by atoms with Gasteiger partial charge in [0.1, 0.15) is 64.8 Å². The van der Waals surface area contributed by atoms with E-state index in [4.69, 9.17) is 42.3 Å². The Labute approximate surface area is 369 Å². The van der Waals surface area contributed by atoms with Gasteiger partial charge < -0.3 is 93.4 Å². The van der Waals surface area contributed by atoms with Crippen molar-refractivity contribution >= 4 is 23.0 Å². The minimum atomic E-state index is -2.08. The molecule has 0 saturated carbocycles. The Kier molecular flexibility index (Phi) is 14.2. The zero-order valence-electron chi connectivity index (χ0n) is 35.2. The number of phenolic OH excluding ortho intramolecular Hbond substituents is 3. The van der Waals surface area contributed by atoms with E-state index in [-0.39, 0.29) is 34.1 Å². The standard InChI is InChI=1S/C44H50O21/c1-17-18(2)59-42(36(54)31(17)49)58-16-28-33(51)40(64-29(48)12-7-20-5-9-22(45)10-6-20)38(56)44(63-28)65-41-34(52)30-25(47)14-23(61-43-37(55)35(53)32(50)19(3)60-43)15-27(30)62-39(41)21-8-11-24(46)26(13-21)57-4/h5-15,17-19,28,31-33,35-38,40,42-47,49-51,53-56H,16H2,1-4H3. The van der Waals surface area contributed by atoms with Crippen LogP contribution in [0.2, 0.25) is 0 Å². The summed E-state index contributed by atoms with van der Waals surface area (Å²) in [6, 6.07) is 11.7. The van der Waals surface area contributed by atoms with Crippen LogP contribution in [0.15, 0.2) is 69.9 Å². The third-order valence-corrected chi connectivity index (χ3v) is 11.5. The zero-order valence-corrected chi connectivity index (χ0v) is 35.2. The summed E-state index contributed by atoms with van der Waals surface area (Å²) in [6.07, 6.45) is -19.2. The largest absolute Gasteiger partial charge is 0.508 e. The van der Waals surface area contributed by atoms with Crippen molar-refractivity contribution in [3.63, 3.8) is 0 Å². The lowest BCUT2D eigenvalue weighted by Gasteiger charge is -2.43. The number of hydrogen-bond donors (Lipinski definition) is 10. The second-order valence-corrected chi connectivity index (χ2v) is 15.9. The number of benzene rings is 3. The van der Waals surface area contributed by atoms with Crippen molar-refractivity contribution in [1.29, 1.82) is 0 Å². The minimum absolute atomic E-state index is 0.0202. The van der Waals surface area contributed by atoms with Crippen LogP contribution < -0.4 is 19.6 Å². The summed E-state index contributed by atoms with van der Waals surface area (Å²) in [5, 5.41) is 106. The SMILES string of the molecule is COc1cc(-c2oc3cc(OC4OC(C)C(O)C(O)C4O)cc(O)c3c(=O)c2OC2OC(COC3OC(C)C(C)C(O)C3O)C(O)C(OC(=O)C=Cc3ccc(O)cc3)C2O)ccc1O. The molecule has 21 heteroatoms. The Morgan fingerprint density at radius 2 is 1.38 bits per heavy atom. The van der Waals surface area contributed by atoms with E-state index >= 15 is 0 Å². The molecule has 3 fully saturated rings. The van der Waals surface area contributed by atoms with Gasteiger partial charge in [0.05, 0.1) is 32.0 Å². The van der Waals surface area contributed by atoms with E-state index in [0.29, 0.717) is 5.56 Å². The molecule has 3 aliphatic rings. The average molecular weight is 915 g/mol. The molecule has 0 bridgehead atoms. The predicted molar refractivity (Wildman–Crippen MR) is 221 cm³/mol. The fourth-order valence-electron chi connectivity index (χ4n) is 7.50. The van der Waals surface area contributed by atoms with Gasteiger partial charge in [0.25, 0.3) is 0 Å². The molecule has 7 rings (SSSR count). The van der Waals surface area contributed by atoms with Crippen molar-refractivity contribution < 1.29 is 98.2 Å². The van der Waals surface area contributed by atoms with Crippen molar-refractivity contribution in [3.05, 3.63) is 76.5 Å². The molecular weight excluding hydrogens is 864 g/mol. The van der Waals surface area contributed by atoms with Crippen molar-refractivity contribution in [3.8, 4) is 45.8 Å². The van der Waals surface area contributed by atoms with Crippen molar-refractivity contribution in [2.24, 2.45) is 5.92 Å². The van der Waals surface area contributed by atoms with Gasteiger partial charge in [-0.25, -0.2) is 4.79 Å². The van der Waals surface area contributed by atoms with Crippen LogP contribution in [0.3, 0.4) is 0 Å². The molecule has 4 aromatic rings. The first-order valence-electron chi connectivity index (χ1n) is 20.4. The second-order valence-electron chi connectivity index (χ2n) is 15.9. The minimum Gasteiger partial charge on any atom is -0.508 e. The quantitative estimate of drug-likeness (QED) is 0.0678.